The number of carbonyl (C=O) groups excluding carboxylic acids is 1. The van der Waals surface area contributed by atoms with Crippen molar-refractivity contribution < 1.29 is 13.9 Å². The lowest BCUT2D eigenvalue weighted by atomic mass is 10.2. The number of amidine groups is 1. The number of hydrogen-bond acceptors (Lipinski definition) is 4. The summed E-state index contributed by atoms with van der Waals surface area (Å²) in [4.78, 5) is 19.7. The number of carbonyl (C=O) groups is 1. The maximum Gasteiger partial charge on any atom is 0.266 e. The Balaban J connectivity index is 1.83. The highest BCUT2D eigenvalue weighted by Gasteiger charge is 2.35. The third kappa shape index (κ3) is 5.82. The molecule has 1 amide bonds. The van der Waals surface area contributed by atoms with Crippen LogP contribution in [0, 0.1) is 5.82 Å². The van der Waals surface area contributed by atoms with Gasteiger partial charge in [0.05, 0.1) is 15.0 Å². The predicted octanol–water partition coefficient (Wildman–Crippen LogP) is 6.80. The predicted molar refractivity (Wildman–Crippen MR) is 127 cm³/mol. The zero-order chi connectivity index (χ0) is 22.7. The van der Waals surface area contributed by atoms with E-state index in [1.807, 2.05) is 27.7 Å². The molecular formula is C23H23Cl2FN2O2S. The Hall–Kier alpha value is -2.02. The first-order valence-electron chi connectivity index (χ1n) is 9.83. The number of aliphatic imine (C=N–C) groups is 1. The average molecular weight is 481 g/mol. The lowest BCUT2D eigenvalue weighted by molar-refractivity contribution is -0.123. The van der Waals surface area contributed by atoms with E-state index in [9.17, 15) is 9.18 Å². The molecule has 1 aliphatic rings. The Kier molecular flexibility index (Phi) is 7.68. The molecule has 0 atom stereocenters. The van der Waals surface area contributed by atoms with Crippen LogP contribution in [0.15, 0.2) is 46.3 Å². The lowest BCUT2D eigenvalue weighted by Gasteiger charge is -2.20. The second-order valence-electron chi connectivity index (χ2n) is 7.61. The molecule has 3 rings (SSSR count). The summed E-state index contributed by atoms with van der Waals surface area (Å²) >= 11 is 14.1. The van der Waals surface area contributed by atoms with E-state index in [2.05, 4.69) is 4.99 Å². The van der Waals surface area contributed by atoms with Crippen LogP contribution in [0.25, 0.3) is 6.08 Å². The fraction of sp³-hybridized carbons (Fsp3) is 0.304. The van der Waals surface area contributed by atoms with Crippen LogP contribution >= 0.6 is 35.0 Å². The molecule has 4 nitrogen and oxygen atoms in total. The van der Waals surface area contributed by atoms with Gasteiger partial charge in [-0.1, -0.05) is 35.3 Å². The molecule has 8 heteroatoms. The molecule has 1 fully saturated rings. The monoisotopic (exact) mass is 480 g/mol. The fourth-order valence-electron chi connectivity index (χ4n) is 2.94. The minimum absolute atomic E-state index is 0.00202. The van der Waals surface area contributed by atoms with Gasteiger partial charge in [0, 0.05) is 12.1 Å². The van der Waals surface area contributed by atoms with Crippen LogP contribution in [0.4, 0.5) is 4.39 Å². The molecule has 2 aromatic carbocycles. The zero-order valence-electron chi connectivity index (χ0n) is 17.7. The number of nitrogens with zero attached hydrogens (tertiary/aromatic N) is 2. The van der Waals surface area contributed by atoms with Crippen LogP contribution in [0.2, 0.25) is 10.0 Å². The first-order valence-corrected chi connectivity index (χ1v) is 11.4. The summed E-state index contributed by atoms with van der Waals surface area (Å²) in [6.07, 6.45) is 1.76. The number of ether oxygens (including phenoxy) is 1. The standard InChI is InChI=1S/C23H23Cl2FN2O2S/c1-13(2)27-23-28(14(3)4)22(29)20(31-23)11-16-9-18(24)21(19(25)10-16)30-12-15-5-7-17(26)8-6-15/h5-11,13-14H,12H2,1-4H3/b20-11+,27-23?. The Bertz CT molecular complexity index is 1010. The molecule has 31 heavy (non-hydrogen) atoms. The van der Waals surface area contributed by atoms with Gasteiger partial charge in [-0.3, -0.25) is 14.7 Å². The third-order valence-corrected chi connectivity index (χ3v) is 5.90. The van der Waals surface area contributed by atoms with Gasteiger partial charge in [-0.25, -0.2) is 4.39 Å². The smallest absolute Gasteiger partial charge is 0.266 e. The summed E-state index contributed by atoms with van der Waals surface area (Å²) < 4.78 is 18.8. The van der Waals surface area contributed by atoms with Gasteiger partial charge in [-0.2, -0.15) is 0 Å². The number of rotatable bonds is 6. The van der Waals surface area contributed by atoms with Crippen LogP contribution in [0.3, 0.4) is 0 Å². The molecule has 1 saturated heterocycles. The Labute approximate surface area is 196 Å². The van der Waals surface area contributed by atoms with E-state index in [-0.39, 0.29) is 30.4 Å². The Morgan fingerprint density at radius 3 is 2.29 bits per heavy atom. The van der Waals surface area contributed by atoms with E-state index in [0.717, 1.165) is 5.56 Å². The summed E-state index contributed by atoms with van der Waals surface area (Å²) in [5, 5.41) is 1.35. The number of halogens is 3. The van der Waals surface area contributed by atoms with Crippen molar-refractivity contribution in [1.29, 1.82) is 0 Å². The van der Waals surface area contributed by atoms with Crippen molar-refractivity contribution in [1.82, 2.24) is 4.90 Å². The molecule has 0 radical (unpaired) electrons. The number of amides is 1. The van der Waals surface area contributed by atoms with Crippen LogP contribution in [-0.2, 0) is 11.4 Å². The highest BCUT2D eigenvalue weighted by Crippen LogP contribution is 2.38. The van der Waals surface area contributed by atoms with Gasteiger partial charge < -0.3 is 4.74 Å². The largest absolute Gasteiger partial charge is 0.486 e. The molecule has 0 bridgehead atoms. The van der Waals surface area contributed by atoms with E-state index in [1.165, 1.54) is 23.9 Å². The van der Waals surface area contributed by atoms with E-state index < -0.39 is 0 Å². The minimum atomic E-state index is -0.311. The molecule has 0 N–H and O–H groups in total. The molecular weight excluding hydrogens is 458 g/mol. The highest BCUT2D eigenvalue weighted by molar-refractivity contribution is 8.18. The number of benzene rings is 2. The van der Waals surface area contributed by atoms with Gasteiger partial charge in [0.15, 0.2) is 10.9 Å². The molecule has 0 spiro atoms. The summed E-state index contributed by atoms with van der Waals surface area (Å²) in [6.45, 7) is 8.06. The van der Waals surface area contributed by atoms with Gasteiger partial charge in [-0.05, 0) is 80.9 Å². The molecule has 0 aliphatic carbocycles. The minimum Gasteiger partial charge on any atom is -0.486 e. The second-order valence-corrected chi connectivity index (χ2v) is 9.44. The third-order valence-electron chi connectivity index (χ3n) is 4.34. The van der Waals surface area contributed by atoms with Crippen molar-refractivity contribution in [3.8, 4) is 5.75 Å². The van der Waals surface area contributed by atoms with Crippen LogP contribution in [-0.4, -0.2) is 28.1 Å². The van der Waals surface area contributed by atoms with Gasteiger partial charge in [-0.15, -0.1) is 0 Å². The van der Waals surface area contributed by atoms with Gasteiger partial charge in [0.25, 0.3) is 5.91 Å². The molecule has 164 valence electrons. The number of thioether (sulfide) groups is 1. The fourth-order valence-corrected chi connectivity index (χ4v) is 4.79. The molecule has 0 unspecified atom stereocenters. The highest BCUT2D eigenvalue weighted by atomic mass is 35.5. The maximum atomic E-state index is 13.0. The van der Waals surface area contributed by atoms with Crippen molar-refractivity contribution in [3.05, 3.63) is 68.3 Å². The number of hydrogen-bond donors (Lipinski definition) is 0. The van der Waals surface area contributed by atoms with Crippen molar-refractivity contribution in [2.75, 3.05) is 0 Å². The lowest BCUT2D eigenvalue weighted by Crippen LogP contribution is -2.35. The van der Waals surface area contributed by atoms with Crippen LogP contribution in [0.1, 0.15) is 38.8 Å². The van der Waals surface area contributed by atoms with Gasteiger partial charge in [0.2, 0.25) is 0 Å². The van der Waals surface area contributed by atoms with E-state index in [1.54, 1.807) is 35.2 Å². The summed E-state index contributed by atoms with van der Waals surface area (Å²) in [7, 11) is 0. The first-order chi connectivity index (χ1) is 14.7. The van der Waals surface area contributed by atoms with Gasteiger partial charge in [0.1, 0.15) is 12.4 Å². The van der Waals surface area contributed by atoms with E-state index >= 15 is 0 Å². The molecule has 0 aromatic heterocycles. The molecule has 1 heterocycles. The Morgan fingerprint density at radius 2 is 1.74 bits per heavy atom. The topological polar surface area (TPSA) is 41.9 Å². The zero-order valence-corrected chi connectivity index (χ0v) is 20.0. The van der Waals surface area contributed by atoms with Crippen LogP contribution in [0.5, 0.6) is 5.75 Å². The second kappa shape index (κ2) is 10.1. The quantitative estimate of drug-likeness (QED) is 0.426. The molecule has 2 aromatic rings. The first kappa shape index (κ1) is 23.6. The molecule has 1 aliphatic heterocycles. The Morgan fingerprint density at radius 1 is 1.13 bits per heavy atom. The summed E-state index contributed by atoms with van der Waals surface area (Å²) in [5.74, 6) is -0.0662. The molecule has 0 saturated carbocycles. The normalized spacial score (nSPS) is 16.9. The van der Waals surface area contributed by atoms with Crippen molar-refractivity contribution in [2.45, 2.75) is 46.4 Å². The maximum absolute atomic E-state index is 13.0. The van der Waals surface area contributed by atoms with Gasteiger partial charge >= 0.3 is 0 Å². The van der Waals surface area contributed by atoms with Crippen molar-refractivity contribution in [3.63, 3.8) is 0 Å². The van der Waals surface area contributed by atoms with Crippen molar-refractivity contribution in [2.24, 2.45) is 4.99 Å². The summed E-state index contributed by atoms with van der Waals surface area (Å²) in [5.41, 5.74) is 1.48. The van der Waals surface area contributed by atoms with Crippen LogP contribution < -0.4 is 4.74 Å². The van der Waals surface area contributed by atoms with E-state index in [4.69, 9.17) is 27.9 Å². The summed E-state index contributed by atoms with van der Waals surface area (Å²) in [6, 6.07) is 9.48. The average Bonchev–Trinajstić information content (AvgIpc) is 2.96. The van der Waals surface area contributed by atoms with Crippen molar-refractivity contribution >= 4 is 52.1 Å². The SMILES string of the molecule is CC(C)N=C1S/C(=C/c2cc(Cl)c(OCc3ccc(F)cc3)c(Cl)c2)C(=O)N1C(C)C. The van der Waals surface area contributed by atoms with E-state index in [0.29, 0.717) is 31.4 Å².